The van der Waals surface area contributed by atoms with Crippen LogP contribution in [-0.4, -0.2) is 30.9 Å². The number of halogens is 1. The Bertz CT molecular complexity index is 160. The lowest BCUT2D eigenvalue weighted by Gasteiger charge is -2.10. The van der Waals surface area contributed by atoms with Crippen molar-refractivity contribution < 1.29 is 14.3 Å². The first-order valence-corrected chi connectivity index (χ1v) is 3.56. The molecule has 0 aromatic rings. The van der Waals surface area contributed by atoms with Crippen molar-refractivity contribution in [1.29, 1.82) is 0 Å². The van der Waals surface area contributed by atoms with Gasteiger partial charge >= 0.3 is 5.97 Å². The minimum atomic E-state index is -0.737. The third kappa shape index (κ3) is 3.83. The fraction of sp³-hybridized carbons (Fsp3) is 0.667. The second-order valence-electron chi connectivity index (χ2n) is 1.93. The van der Waals surface area contributed by atoms with Gasteiger partial charge in [0.25, 0.3) is 0 Å². The van der Waals surface area contributed by atoms with Gasteiger partial charge in [0.2, 0.25) is 5.91 Å². The van der Waals surface area contributed by atoms with Crippen molar-refractivity contribution in [2.75, 3.05) is 13.0 Å². The molecular weight excluding hydrogens is 170 g/mol. The van der Waals surface area contributed by atoms with Crippen LogP contribution >= 0.6 is 11.6 Å². The van der Waals surface area contributed by atoms with Gasteiger partial charge in [-0.05, 0) is 0 Å². The van der Waals surface area contributed by atoms with E-state index in [2.05, 4.69) is 10.1 Å². The van der Waals surface area contributed by atoms with Crippen LogP contribution in [0.25, 0.3) is 0 Å². The Labute approximate surface area is 69.9 Å². The van der Waals surface area contributed by atoms with Crippen molar-refractivity contribution in [2.45, 2.75) is 13.0 Å². The molecule has 0 unspecified atom stereocenters. The molecule has 4 nitrogen and oxygen atoms in total. The molecule has 64 valence electrons. The van der Waals surface area contributed by atoms with E-state index in [-0.39, 0.29) is 11.8 Å². The quantitative estimate of drug-likeness (QED) is 0.487. The molecule has 0 rings (SSSR count). The first-order chi connectivity index (χ1) is 5.11. The lowest BCUT2D eigenvalue weighted by atomic mass is 10.3. The van der Waals surface area contributed by atoms with Gasteiger partial charge in [-0.1, -0.05) is 0 Å². The molecule has 11 heavy (non-hydrogen) atoms. The maximum absolute atomic E-state index is 10.8. The zero-order chi connectivity index (χ0) is 8.85. The van der Waals surface area contributed by atoms with Gasteiger partial charge in [-0.3, -0.25) is 4.79 Å². The van der Waals surface area contributed by atoms with Gasteiger partial charge < -0.3 is 10.1 Å². The lowest BCUT2D eigenvalue weighted by molar-refractivity contribution is -0.144. The molecule has 1 N–H and O–H groups in total. The zero-order valence-electron chi connectivity index (χ0n) is 6.39. The summed E-state index contributed by atoms with van der Waals surface area (Å²) in [5.74, 6) is -0.817. The fourth-order valence-electron chi connectivity index (χ4n) is 0.548. The smallest absolute Gasteiger partial charge is 0.329 e. The summed E-state index contributed by atoms with van der Waals surface area (Å²) in [4.78, 5) is 21.2. The molecule has 0 bridgehead atoms. The van der Waals surface area contributed by atoms with E-state index in [1.807, 2.05) is 0 Å². The Morgan fingerprint density at radius 2 is 2.18 bits per heavy atom. The number of amides is 1. The third-order valence-electron chi connectivity index (χ3n) is 1.02. The number of hydrogen-bond donors (Lipinski definition) is 1. The van der Waals surface area contributed by atoms with E-state index in [0.29, 0.717) is 0 Å². The number of nitrogens with one attached hydrogen (secondary N) is 1. The summed E-state index contributed by atoms with van der Waals surface area (Å²) in [5.41, 5.74) is 0. The van der Waals surface area contributed by atoms with Gasteiger partial charge in [0, 0.05) is 6.92 Å². The lowest BCUT2D eigenvalue weighted by Crippen LogP contribution is -2.41. The molecule has 1 amide bonds. The Balaban J connectivity index is 3.94. The number of ether oxygens (including phenoxy) is 1. The van der Waals surface area contributed by atoms with Crippen molar-refractivity contribution in [3.8, 4) is 0 Å². The molecule has 0 aromatic heterocycles. The van der Waals surface area contributed by atoms with E-state index in [9.17, 15) is 9.59 Å². The minimum Gasteiger partial charge on any atom is -0.467 e. The van der Waals surface area contributed by atoms with Crippen molar-refractivity contribution >= 4 is 23.5 Å². The maximum atomic E-state index is 10.8. The van der Waals surface area contributed by atoms with E-state index < -0.39 is 12.0 Å². The number of methoxy groups -OCH3 is 1. The predicted molar refractivity (Wildman–Crippen MR) is 40.3 cm³/mol. The summed E-state index contributed by atoms with van der Waals surface area (Å²) in [7, 11) is 1.24. The second kappa shape index (κ2) is 4.96. The molecule has 0 aromatic carbocycles. The molecule has 5 heteroatoms. The maximum Gasteiger partial charge on any atom is 0.329 e. The van der Waals surface area contributed by atoms with Crippen molar-refractivity contribution in [3.63, 3.8) is 0 Å². The average molecular weight is 180 g/mol. The highest BCUT2D eigenvalue weighted by atomic mass is 35.5. The van der Waals surface area contributed by atoms with E-state index in [1.54, 1.807) is 0 Å². The van der Waals surface area contributed by atoms with Crippen LogP contribution in [0.5, 0.6) is 0 Å². The van der Waals surface area contributed by atoms with Gasteiger partial charge in [-0.25, -0.2) is 4.79 Å². The average Bonchev–Trinajstić information content (AvgIpc) is 1.98. The molecule has 0 radical (unpaired) electrons. The van der Waals surface area contributed by atoms with Gasteiger partial charge in [0.1, 0.15) is 6.04 Å². The predicted octanol–water partition coefficient (Wildman–Crippen LogP) is -0.0971. The summed E-state index contributed by atoms with van der Waals surface area (Å²) in [6.07, 6.45) is 0. The molecule has 0 heterocycles. The molecule has 1 atom stereocenters. The van der Waals surface area contributed by atoms with Crippen molar-refractivity contribution in [1.82, 2.24) is 5.32 Å². The molecule has 0 spiro atoms. The first kappa shape index (κ1) is 10.2. The summed E-state index contributed by atoms with van der Waals surface area (Å²) in [5, 5.41) is 2.33. The van der Waals surface area contributed by atoms with Crippen LogP contribution in [0.4, 0.5) is 0 Å². The van der Waals surface area contributed by atoms with E-state index in [1.165, 1.54) is 14.0 Å². The number of alkyl halides is 1. The normalized spacial score (nSPS) is 11.9. The van der Waals surface area contributed by atoms with E-state index >= 15 is 0 Å². The molecular formula is C6H10ClNO3. The summed E-state index contributed by atoms with van der Waals surface area (Å²) < 4.78 is 4.37. The molecule has 0 aliphatic rings. The SMILES string of the molecule is COC(=O)[C@@H](CCl)NC(C)=O. The standard InChI is InChI=1S/C6H10ClNO3/c1-4(9)8-5(3-7)6(10)11-2/h5H,3H2,1-2H3,(H,8,9)/t5-/m1/s1. The zero-order valence-corrected chi connectivity index (χ0v) is 7.14. The Hall–Kier alpha value is -0.770. The van der Waals surface area contributed by atoms with Crippen molar-refractivity contribution in [3.05, 3.63) is 0 Å². The molecule has 0 aliphatic carbocycles. The van der Waals surface area contributed by atoms with Crippen LogP contribution in [0, 0.1) is 0 Å². The number of carbonyl (C=O) groups is 2. The second-order valence-corrected chi connectivity index (χ2v) is 2.24. The van der Waals surface area contributed by atoms with E-state index in [0.717, 1.165) is 0 Å². The van der Waals surface area contributed by atoms with Gasteiger partial charge in [-0.15, -0.1) is 11.6 Å². The topological polar surface area (TPSA) is 55.4 Å². The van der Waals surface area contributed by atoms with Crippen LogP contribution in [-0.2, 0) is 14.3 Å². The molecule has 0 fully saturated rings. The molecule has 0 saturated heterocycles. The van der Waals surface area contributed by atoms with Gasteiger partial charge in [0.05, 0.1) is 13.0 Å². The van der Waals surface area contributed by atoms with Crippen LogP contribution in [0.1, 0.15) is 6.92 Å². The number of rotatable bonds is 3. The van der Waals surface area contributed by atoms with Crippen LogP contribution in [0.2, 0.25) is 0 Å². The summed E-state index contributed by atoms with van der Waals surface area (Å²) >= 11 is 5.37. The third-order valence-corrected chi connectivity index (χ3v) is 1.33. The number of hydrogen-bond acceptors (Lipinski definition) is 3. The number of esters is 1. The van der Waals surface area contributed by atoms with Crippen LogP contribution in [0.3, 0.4) is 0 Å². The summed E-state index contributed by atoms with van der Waals surface area (Å²) in [6, 6.07) is -0.737. The van der Waals surface area contributed by atoms with Crippen molar-refractivity contribution in [2.24, 2.45) is 0 Å². The highest BCUT2D eigenvalue weighted by Crippen LogP contribution is 1.91. The van der Waals surface area contributed by atoms with Crippen LogP contribution in [0.15, 0.2) is 0 Å². The van der Waals surface area contributed by atoms with Crippen LogP contribution < -0.4 is 5.32 Å². The Morgan fingerprint density at radius 3 is 2.45 bits per heavy atom. The Kier molecular flexibility index (Phi) is 4.61. The number of carbonyl (C=O) groups excluding carboxylic acids is 2. The highest BCUT2D eigenvalue weighted by Gasteiger charge is 2.17. The fourth-order valence-corrected chi connectivity index (χ4v) is 0.751. The molecule has 0 aliphatic heterocycles. The first-order valence-electron chi connectivity index (χ1n) is 3.02. The largest absolute Gasteiger partial charge is 0.467 e. The molecule has 0 saturated carbocycles. The van der Waals surface area contributed by atoms with Gasteiger partial charge in [0.15, 0.2) is 0 Å². The van der Waals surface area contributed by atoms with Gasteiger partial charge in [-0.2, -0.15) is 0 Å². The minimum absolute atomic E-state index is 0.0201. The summed E-state index contributed by atoms with van der Waals surface area (Å²) in [6.45, 7) is 1.31. The highest BCUT2D eigenvalue weighted by molar-refractivity contribution is 6.19. The van der Waals surface area contributed by atoms with E-state index in [4.69, 9.17) is 11.6 Å². The Morgan fingerprint density at radius 1 is 1.64 bits per heavy atom. The monoisotopic (exact) mass is 179 g/mol.